The smallest absolute Gasteiger partial charge is 0.138 e. The molecule has 0 bridgehead atoms. The minimum absolute atomic E-state index is 0.339. The van der Waals surface area contributed by atoms with E-state index in [4.69, 9.17) is 4.52 Å². The monoisotopic (exact) mass is 280 g/mol. The molecular weight excluding hydrogens is 248 g/mol. The van der Waals surface area contributed by atoms with Gasteiger partial charge in [-0.3, -0.25) is 0 Å². The molecule has 1 rings (SSSR count). The predicted molar refractivity (Wildman–Crippen MR) is 85.0 cm³/mol. The van der Waals surface area contributed by atoms with E-state index in [2.05, 4.69) is 24.3 Å². The zero-order valence-corrected chi connectivity index (χ0v) is 13.8. The van der Waals surface area contributed by atoms with Gasteiger partial charge in [-0.25, -0.2) is 0 Å². The number of nitrogens with zero attached hydrogens (tertiary/aromatic N) is 1. The van der Waals surface area contributed by atoms with Crippen LogP contribution in [0.1, 0.15) is 88.3 Å². The number of rotatable bonds is 11. The third-order valence-electron chi connectivity index (χ3n) is 4.00. The van der Waals surface area contributed by atoms with Crippen LogP contribution in [0, 0.1) is 13.8 Å². The summed E-state index contributed by atoms with van der Waals surface area (Å²) >= 11 is 0. The van der Waals surface area contributed by atoms with E-state index in [0.717, 1.165) is 18.0 Å². The highest BCUT2D eigenvalue weighted by molar-refractivity contribution is 5.24. The van der Waals surface area contributed by atoms with Gasteiger partial charge in [-0.2, -0.15) is 0 Å². The van der Waals surface area contributed by atoms with Crippen molar-refractivity contribution in [3.8, 4) is 0 Å². The molecular formula is C17H32N2O. The first-order valence-corrected chi connectivity index (χ1v) is 8.33. The number of nitrogens with one attached hydrogen (secondary N) is 1. The normalized spacial score (nSPS) is 12.8. The van der Waals surface area contributed by atoms with Crippen molar-refractivity contribution in [1.82, 2.24) is 10.5 Å². The Morgan fingerprint density at radius 1 is 1.00 bits per heavy atom. The maximum atomic E-state index is 5.22. The number of unbranched alkanes of at least 4 members (excludes halogenated alkanes) is 7. The summed E-state index contributed by atoms with van der Waals surface area (Å²) in [7, 11) is 0. The van der Waals surface area contributed by atoms with Crippen LogP contribution >= 0.6 is 0 Å². The van der Waals surface area contributed by atoms with Gasteiger partial charge in [-0.15, -0.1) is 0 Å². The van der Waals surface area contributed by atoms with E-state index in [-0.39, 0.29) is 0 Å². The third-order valence-corrected chi connectivity index (χ3v) is 4.00. The van der Waals surface area contributed by atoms with Gasteiger partial charge in [-0.05, 0) is 33.7 Å². The average Bonchev–Trinajstić information content (AvgIpc) is 2.76. The lowest BCUT2D eigenvalue weighted by atomic mass is 10.1. The molecule has 3 heteroatoms. The summed E-state index contributed by atoms with van der Waals surface area (Å²) in [6, 6.07) is 0.339. The zero-order valence-electron chi connectivity index (χ0n) is 13.8. The van der Waals surface area contributed by atoms with Crippen molar-refractivity contribution in [3.05, 3.63) is 17.0 Å². The standard InChI is InChI=1S/C17H32N2O/c1-5-6-7-8-9-10-11-12-13-18-14(2)17-15(3)19-20-16(17)4/h14,18H,5-13H2,1-4H3. The molecule has 1 atom stereocenters. The number of hydrogen-bond donors (Lipinski definition) is 1. The maximum Gasteiger partial charge on any atom is 0.138 e. The van der Waals surface area contributed by atoms with Gasteiger partial charge in [0.05, 0.1) is 5.69 Å². The molecule has 0 saturated heterocycles. The lowest BCUT2D eigenvalue weighted by Crippen LogP contribution is -2.20. The van der Waals surface area contributed by atoms with Crippen molar-refractivity contribution >= 4 is 0 Å². The topological polar surface area (TPSA) is 38.1 Å². The Morgan fingerprint density at radius 2 is 1.60 bits per heavy atom. The van der Waals surface area contributed by atoms with E-state index in [1.807, 2.05) is 13.8 Å². The van der Waals surface area contributed by atoms with Crippen molar-refractivity contribution in [3.63, 3.8) is 0 Å². The summed E-state index contributed by atoms with van der Waals surface area (Å²) in [5, 5.41) is 7.59. The van der Waals surface area contributed by atoms with Crippen LogP contribution in [0.4, 0.5) is 0 Å². The van der Waals surface area contributed by atoms with Gasteiger partial charge in [0.15, 0.2) is 0 Å². The molecule has 116 valence electrons. The second-order valence-corrected chi connectivity index (χ2v) is 5.89. The Morgan fingerprint density at radius 3 is 2.15 bits per heavy atom. The second kappa shape index (κ2) is 9.98. The quantitative estimate of drug-likeness (QED) is 0.574. The molecule has 1 aromatic heterocycles. The molecule has 1 heterocycles. The maximum absolute atomic E-state index is 5.22. The molecule has 0 fully saturated rings. The van der Waals surface area contributed by atoms with Crippen LogP contribution in [-0.2, 0) is 0 Å². The predicted octanol–water partition coefficient (Wildman–Crippen LogP) is 5.08. The zero-order chi connectivity index (χ0) is 14.8. The average molecular weight is 280 g/mol. The fourth-order valence-corrected chi connectivity index (χ4v) is 2.79. The summed E-state index contributed by atoms with van der Waals surface area (Å²) in [5.41, 5.74) is 2.24. The summed E-state index contributed by atoms with van der Waals surface area (Å²) in [5.74, 6) is 0.943. The van der Waals surface area contributed by atoms with Crippen LogP contribution in [0.3, 0.4) is 0 Å². The first-order chi connectivity index (χ1) is 9.66. The van der Waals surface area contributed by atoms with E-state index >= 15 is 0 Å². The lowest BCUT2D eigenvalue weighted by molar-refractivity contribution is 0.390. The van der Waals surface area contributed by atoms with Crippen LogP contribution in [0.25, 0.3) is 0 Å². The van der Waals surface area contributed by atoms with Gasteiger partial charge >= 0.3 is 0 Å². The van der Waals surface area contributed by atoms with Crippen LogP contribution in [0.15, 0.2) is 4.52 Å². The first-order valence-electron chi connectivity index (χ1n) is 8.33. The summed E-state index contributed by atoms with van der Waals surface area (Å²) in [6.07, 6.45) is 11.0. The van der Waals surface area contributed by atoms with Crippen molar-refractivity contribution in [2.45, 2.75) is 85.1 Å². The summed E-state index contributed by atoms with van der Waals surface area (Å²) in [6.45, 7) is 9.55. The van der Waals surface area contributed by atoms with Crippen molar-refractivity contribution < 1.29 is 4.52 Å². The largest absolute Gasteiger partial charge is 0.361 e. The van der Waals surface area contributed by atoms with Crippen LogP contribution in [-0.4, -0.2) is 11.7 Å². The minimum Gasteiger partial charge on any atom is -0.361 e. The molecule has 0 spiro atoms. The fourth-order valence-electron chi connectivity index (χ4n) is 2.79. The summed E-state index contributed by atoms with van der Waals surface area (Å²) in [4.78, 5) is 0. The number of hydrogen-bond acceptors (Lipinski definition) is 3. The molecule has 0 aliphatic rings. The molecule has 0 aliphatic carbocycles. The molecule has 1 aromatic rings. The van der Waals surface area contributed by atoms with Crippen molar-refractivity contribution in [2.75, 3.05) is 6.54 Å². The Hall–Kier alpha value is -0.830. The molecule has 0 radical (unpaired) electrons. The number of aryl methyl sites for hydroxylation is 2. The second-order valence-electron chi connectivity index (χ2n) is 5.89. The Kier molecular flexibility index (Phi) is 8.59. The molecule has 0 aliphatic heterocycles. The van der Waals surface area contributed by atoms with Gasteiger partial charge in [-0.1, -0.05) is 57.0 Å². The van der Waals surface area contributed by atoms with Crippen molar-refractivity contribution in [2.24, 2.45) is 0 Å². The van der Waals surface area contributed by atoms with E-state index in [1.165, 1.54) is 56.9 Å². The molecule has 20 heavy (non-hydrogen) atoms. The number of aromatic nitrogens is 1. The Bertz CT molecular complexity index is 340. The Labute approximate surface area is 124 Å². The van der Waals surface area contributed by atoms with E-state index in [1.54, 1.807) is 0 Å². The highest BCUT2D eigenvalue weighted by Crippen LogP contribution is 2.20. The molecule has 3 nitrogen and oxygen atoms in total. The Balaban J connectivity index is 2.04. The molecule has 1 N–H and O–H groups in total. The molecule has 0 amide bonds. The van der Waals surface area contributed by atoms with Crippen LogP contribution < -0.4 is 5.32 Å². The fraction of sp³-hybridized carbons (Fsp3) is 0.824. The highest BCUT2D eigenvalue weighted by atomic mass is 16.5. The molecule has 1 unspecified atom stereocenters. The lowest BCUT2D eigenvalue weighted by Gasteiger charge is -2.13. The van der Waals surface area contributed by atoms with Crippen molar-refractivity contribution in [1.29, 1.82) is 0 Å². The molecule has 0 saturated carbocycles. The highest BCUT2D eigenvalue weighted by Gasteiger charge is 2.15. The molecule has 0 aromatic carbocycles. The van der Waals surface area contributed by atoms with Gasteiger partial charge < -0.3 is 9.84 Å². The van der Waals surface area contributed by atoms with E-state index in [9.17, 15) is 0 Å². The van der Waals surface area contributed by atoms with Crippen LogP contribution in [0.2, 0.25) is 0 Å². The van der Waals surface area contributed by atoms with Gasteiger partial charge in [0, 0.05) is 11.6 Å². The van der Waals surface area contributed by atoms with E-state index in [0.29, 0.717) is 6.04 Å². The third kappa shape index (κ3) is 6.08. The SMILES string of the molecule is CCCCCCCCCCNC(C)c1c(C)noc1C. The summed E-state index contributed by atoms with van der Waals surface area (Å²) < 4.78 is 5.22. The van der Waals surface area contributed by atoms with Gasteiger partial charge in [0.25, 0.3) is 0 Å². The van der Waals surface area contributed by atoms with E-state index < -0.39 is 0 Å². The van der Waals surface area contributed by atoms with Gasteiger partial charge in [0.1, 0.15) is 5.76 Å². The van der Waals surface area contributed by atoms with Crippen LogP contribution in [0.5, 0.6) is 0 Å². The van der Waals surface area contributed by atoms with Gasteiger partial charge in [0.2, 0.25) is 0 Å². The first kappa shape index (κ1) is 17.2. The minimum atomic E-state index is 0.339.